The van der Waals surface area contributed by atoms with Gasteiger partial charge in [0.1, 0.15) is 6.61 Å². The molecule has 3 rings (SSSR count). The van der Waals surface area contributed by atoms with E-state index in [4.69, 9.17) is 14.2 Å². The van der Waals surface area contributed by atoms with E-state index in [1.807, 2.05) is 19.2 Å². The lowest BCUT2D eigenvalue weighted by molar-refractivity contribution is -0.0319. The van der Waals surface area contributed by atoms with Crippen molar-refractivity contribution in [2.24, 2.45) is 5.92 Å². The van der Waals surface area contributed by atoms with Crippen LogP contribution in [0.4, 0.5) is 0 Å². The SMILES string of the molecule is COc1cc(CN(C)CC(O)COC2CCCCC2)ccc1OCCN1CCC(C)CC1. The summed E-state index contributed by atoms with van der Waals surface area (Å²) in [4.78, 5) is 4.61. The highest BCUT2D eigenvalue weighted by Gasteiger charge is 2.18. The first-order valence-corrected chi connectivity index (χ1v) is 12.5. The zero-order chi connectivity index (χ0) is 22.8. The molecule has 0 bridgehead atoms. The van der Waals surface area contributed by atoms with Crippen LogP contribution in [0, 0.1) is 5.92 Å². The van der Waals surface area contributed by atoms with E-state index in [0.29, 0.717) is 25.9 Å². The van der Waals surface area contributed by atoms with Crippen LogP contribution in [0.5, 0.6) is 11.5 Å². The Morgan fingerprint density at radius 3 is 2.56 bits per heavy atom. The second kappa shape index (κ2) is 13.4. The molecule has 1 aromatic carbocycles. The lowest BCUT2D eigenvalue weighted by Crippen LogP contribution is -2.35. The molecule has 0 spiro atoms. The number of piperidine rings is 1. The van der Waals surface area contributed by atoms with Gasteiger partial charge in [-0.2, -0.15) is 0 Å². The molecule has 1 aliphatic carbocycles. The van der Waals surface area contributed by atoms with Gasteiger partial charge in [0.15, 0.2) is 11.5 Å². The Morgan fingerprint density at radius 1 is 1.09 bits per heavy atom. The van der Waals surface area contributed by atoms with Gasteiger partial charge < -0.3 is 19.3 Å². The Labute approximate surface area is 194 Å². The Balaban J connectivity index is 1.39. The normalized spacial score (nSPS) is 19.9. The fraction of sp³-hybridized carbons (Fsp3) is 0.769. The van der Waals surface area contributed by atoms with Crippen LogP contribution >= 0.6 is 0 Å². The molecule has 0 amide bonds. The molecule has 1 saturated carbocycles. The van der Waals surface area contributed by atoms with E-state index in [-0.39, 0.29) is 0 Å². The fourth-order valence-electron chi connectivity index (χ4n) is 4.77. The van der Waals surface area contributed by atoms with Crippen LogP contribution in [0.2, 0.25) is 0 Å². The zero-order valence-electron chi connectivity index (χ0n) is 20.4. The maximum Gasteiger partial charge on any atom is 0.161 e. The van der Waals surface area contributed by atoms with Crippen molar-refractivity contribution < 1.29 is 19.3 Å². The van der Waals surface area contributed by atoms with Crippen molar-refractivity contribution in [1.82, 2.24) is 9.80 Å². The van der Waals surface area contributed by atoms with E-state index in [9.17, 15) is 5.11 Å². The minimum Gasteiger partial charge on any atom is -0.493 e. The van der Waals surface area contributed by atoms with E-state index in [0.717, 1.165) is 48.9 Å². The van der Waals surface area contributed by atoms with Crippen molar-refractivity contribution in [1.29, 1.82) is 0 Å². The van der Waals surface area contributed by atoms with Gasteiger partial charge in [0.05, 0.1) is 25.9 Å². The number of likely N-dealkylation sites (tertiary alicyclic amines) is 1. The van der Waals surface area contributed by atoms with Gasteiger partial charge >= 0.3 is 0 Å². The van der Waals surface area contributed by atoms with Gasteiger partial charge in [0.25, 0.3) is 0 Å². The Bertz CT molecular complexity index is 657. The number of aliphatic hydroxyl groups excluding tert-OH is 1. The second-order valence-electron chi connectivity index (χ2n) is 9.80. The van der Waals surface area contributed by atoms with Crippen LogP contribution in [0.25, 0.3) is 0 Å². The summed E-state index contributed by atoms with van der Waals surface area (Å²) in [6, 6.07) is 6.13. The van der Waals surface area contributed by atoms with Crippen LogP contribution in [0.15, 0.2) is 18.2 Å². The van der Waals surface area contributed by atoms with Gasteiger partial charge in [-0.05, 0) is 69.4 Å². The number of hydrogen-bond acceptors (Lipinski definition) is 6. The molecule has 1 unspecified atom stereocenters. The van der Waals surface area contributed by atoms with Crippen LogP contribution < -0.4 is 9.47 Å². The van der Waals surface area contributed by atoms with Gasteiger partial charge in [-0.3, -0.25) is 9.80 Å². The summed E-state index contributed by atoms with van der Waals surface area (Å²) in [6.07, 6.45) is 8.51. The van der Waals surface area contributed by atoms with E-state index in [1.165, 1.54) is 45.2 Å². The van der Waals surface area contributed by atoms with E-state index in [2.05, 4.69) is 22.8 Å². The van der Waals surface area contributed by atoms with Crippen molar-refractivity contribution in [3.05, 3.63) is 23.8 Å². The average Bonchev–Trinajstić information content (AvgIpc) is 2.80. The van der Waals surface area contributed by atoms with Crippen LogP contribution in [-0.2, 0) is 11.3 Å². The van der Waals surface area contributed by atoms with Gasteiger partial charge in [0.2, 0.25) is 0 Å². The molecule has 32 heavy (non-hydrogen) atoms. The summed E-state index contributed by atoms with van der Waals surface area (Å²) in [7, 11) is 3.72. The largest absolute Gasteiger partial charge is 0.493 e. The third-order valence-electron chi connectivity index (χ3n) is 6.82. The quantitative estimate of drug-likeness (QED) is 0.523. The van der Waals surface area contributed by atoms with Crippen LogP contribution in [0.3, 0.4) is 0 Å². The van der Waals surface area contributed by atoms with Gasteiger partial charge in [-0.1, -0.05) is 32.3 Å². The summed E-state index contributed by atoms with van der Waals surface area (Å²) in [5.41, 5.74) is 1.14. The van der Waals surface area contributed by atoms with Crippen LogP contribution in [0.1, 0.15) is 57.4 Å². The molecule has 1 saturated heterocycles. The van der Waals surface area contributed by atoms with Gasteiger partial charge in [0, 0.05) is 19.6 Å². The van der Waals surface area contributed by atoms with E-state index < -0.39 is 6.10 Å². The summed E-state index contributed by atoms with van der Waals surface area (Å²) >= 11 is 0. The molecular weight excluding hydrogens is 404 g/mol. The van der Waals surface area contributed by atoms with Crippen molar-refractivity contribution in [2.45, 2.75) is 70.6 Å². The molecule has 6 heteroatoms. The van der Waals surface area contributed by atoms with E-state index in [1.54, 1.807) is 7.11 Å². The molecule has 0 radical (unpaired) electrons. The highest BCUT2D eigenvalue weighted by atomic mass is 16.5. The summed E-state index contributed by atoms with van der Waals surface area (Å²) < 4.78 is 17.5. The first-order chi connectivity index (χ1) is 15.5. The molecule has 182 valence electrons. The molecule has 1 N–H and O–H groups in total. The summed E-state index contributed by atoms with van der Waals surface area (Å²) in [5.74, 6) is 2.41. The Kier molecular flexibility index (Phi) is 10.6. The predicted molar refractivity (Wildman–Crippen MR) is 128 cm³/mol. The number of likely N-dealkylation sites (N-methyl/N-ethyl adjacent to an activating group) is 1. The molecular formula is C26H44N2O4. The molecule has 1 aliphatic heterocycles. The first kappa shape index (κ1) is 25.3. The smallest absolute Gasteiger partial charge is 0.161 e. The molecule has 1 atom stereocenters. The Hall–Kier alpha value is -1.34. The number of benzene rings is 1. The fourth-order valence-corrected chi connectivity index (χ4v) is 4.77. The molecule has 1 heterocycles. The zero-order valence-corrected chi connectivity index (χ0v) is 20.4. The topological polar surface area (TPSA) is 54.4 Å². The first-order valence-electron chi connectivity index (χ1n) is 12.5. The minimum atomic E-state index is -0.468. The second-order valence-corrected chi connectivity index (χ2v) is 9.80. The molecule has 6 nitrogen and oxygen atoms in total. The molecule has 1 aromatic rings. The highest BCUT2D eigenvalue weighted by molar-refractivity contribution is 5.43. The molecule has 0 aromatic heterocycles. The van der Waals surface area contributed by atoms with Crippen molar-refractivity contribution in [3.8, 4) is 11.5 Å². The average molecular weight is 449 g/mol. The number of nitrogens with zero attached hydrogens (tertiary/aromatic N) is 2. The maximum atomic E-state index is 10.4. The monoisotopic (exact) mass is 448 g/mol. The number of ether oxygens (including phenoxy) is 3. The highest BCUT2D eigenvalue weighted by Crippen LogP contribution is 2.29. The standard InChI is InChI=1S/C26H44N2O4/c1-21-11-13-28(14-12-21)15-16-31-25-10-9-22(17-26(25)30-3)18-27(2)19-23(29)20-32-24-7-5-4-6-8-24/h9-10,17,21,23-24,29H,4-8,11-16,18-20H2,1-3H3. The maximum absolute atomic E-state index is 10.4. The number of hydrogen-bond donors (Lipinski definition) is 1. The van der Waals surface area contributed by atoms with Crippen molar-refractivity contribution in [3.63, 3.8) is 0 Å². The minimum absolute atomic E-state index is 0.332. The van der Waals surface area contributed by atoms with Crippen molar-refractivity contribution in [2.75, 3.05) is 53.6 Å². The number of rotatable bonds is 12. The Morgan fingerprint density at radius 2 is 1.84 bits per heavy atom. The number of methoxy groups -OCH3 is 1. The third kappa shape index (κ3) is 8.54. The molecule has 2 aliphatic rings. The summed E-state index contributed by atoms with van der Waals surface area (Å²) in [5, 5.41) is 10.4. The van der Waals surface area contributed by atoms with Gasteiger partial charge in [-0.15, -0.1) is 0 Å². The lowest BCUT2D eigenvalue weighted by Gasteiger charge is -2.30. The number of aliphatic hydroxyl groups is 1. The third-order valence-corrected chi connectivity index (χ3v) is 6.82. The lowest BCUT2D eigenvalue weighted by atomic mass is 9.98. The van der Waals surface area contributed by atoms with Gasteiger partial charge in [-0.25, -0.2) is 0 Å². The van der Waals surface area contributed by atoms with Crippen LogP contribution in [-0.4, -0.2) is 80.7 Å². The predicted octanol–water partition coefficient (Wildman–Crippen LogP) is 3.95. The van der Waals surface area contributed by atoms with E-state index >= 15 is 0 Å². The molecule has 2 fully saturated rings. The van der Waals surface area contributed by atoms with Crippen molar-refractivity contribution >= 4 is 0 Å². The summed E-state index contributed by atoms with van der Waals surface area (Å²) in [6.45, 7) is 8.06.